The Balaban J connectivity index is 2.10. The molecule has 0 spiro atoms. The molecular formula is C13H20N2S. The van der Waals surface area contributed by atoms with Crippen molar-refractivity contribution in [3.05, 3.63) is 23.8 Å². The zero-order valence-electron chi connectivity index (χ0n) is 9.78. The molecule has 16 heavy (non-hydrogen) atoms. The van der Waals surface area contributed by atoms with Crippen LogP contribution in [0.5, 0.6) is 0 Å². The van der Waals surface area contributed by atoms with Gasteiger partial charge in [-0.25, -0.2) is 0 Å². The molecule has 1 aromatic rings. The summed E-state index contributed by atoms with van der Waals surface area (Å²) in [7, 11) is 0. The first-order valence-electron chi connectivity index (χ1n) is 5.96. The largest absolute Gasteiger partial charge is 0.398 e. The molecule has 2 atom stereocenters. The van der Waals surface area contributed by atoms with E-state index in [0.717, 1.165) is 5.69 Å². The van der Waals surface area contributed by atoms with Gasteiger partial charge in [0.05, 0.1) is 0 Å². The summed E-state index contributed by atoms with van der Waals surface area (Å²) in [5.74, 6) is 0. The molecule has 2 unspecified atom stereocenters. The molecule has 0 heterocycles. The van der Waals surface area contributed by atoms with Gasteiger partial charge < -0.3 is 11.5 Å². The highest BCUT2D eigenvalue weighted by Gasteiger charge is 2.23. The molecule has 0 bridgehead atoms. The predicted molar refractivity (Wildman–Crippen MR) is 71.7 cm³/mol. The summed E-state index contributed by atoms with van der Waals surface area (Å²) >= 11 is 1.91. The fourth-order valence-corrected chi connectivity index (χ4v) is 3.57. The molecule has 1 fully saturated rings. The van der Waals surface area contributed by atoms with Gasteiger partial charge in [0, 0.05) is 21.9 Å². The Bertz CT molecular complexity index is 365. The van der Waals surface area contributed by atoms with E-state index in [1.165, 1.54) is 36.1 Å². The summed E-state index contributed by atoms with van der Waals surface area (Å²) in [5.41, 5.74) is 14.2. The van der Waals surface area contributed by atoms with E-state index in [2.05, 4.69) is 13.0 Å². The molecule has 0 aromatic heterocycles. The minimum atomic E-state index is 0.347. The van der Waals surface area contributed by atoms with Crippen molar-refractivity contribution in [3.8, 4) is 0 Å². The third kappa shape index (κ3) is 2.53. The van der Waals surface area contributed by atoms with Gasteiger partial charge in [0.1, 0.15) is 0 Å². The Morgan fingerprint density at radius 1 is 1.25 bits per heavy atom. The number of thioether (sulfide) groups is 1. The summed E-state index contributed by atoms with van der Waals surface area (Å²) in [4.78, 5) is 1.29. The van der Waals surface area contributed by atoms with Gasteiger partial charge in [0.2, 0.25) is 0 Å². The maximum atomic E-state index is 6.16. The number of anilines is 1. The number of nitrogen functional groups attached to an aromatic ring is 1. The molecule has 1 aromatic carbocycles. The summed E-state index contributed by atoms with van der Waals surface area (Å²) in [6.07, 6.45) is 5.00. The lowest BCUT2D eigenvalue weighted by Crippen LogP contribution is -2.35. The van der Waals surface area contributed by atoms with Crippen LogP contribution in [0.3, 0.4) is 0 Å². The molecule has 0 radical (unpaired) electrons. The Labute approximate surface area is 102 Å². The minimum absolute atomic E-state index is 0.347. The van der Waals surface area contributed by atoms with Gasteiger partial charge in [-0.1, -0.05) is 18.9 Å². The summed E-state index contributed by atoms with van der Waals surface area (Å²) in [6, 6.07) is 6.48. The topological polar surface area (TPSA) is 52.0 Å². The molecule has 4 N–H and O–H groups in total. The molecule has 0 saturated heterocycles. The van der Waals surface area contributed by atoms with Crippen molar-refractivity contribution in [2.24, 2.45) is 5.73 Å². The van der Waals surface area contributed by atoms with Crippen molar-refractivity contribution in [1.82, 2.24) is 0 Å². The van der Waals surface area contributed by atoms with Gasteiger partial charge >= 0.3 is 0 Å². The lowest BCUT2D eigenvalue weighted by atomic mass is 9.96. The average molecular weight is 236 g/mol. The first kappa shape index (κ1) is 11.8. The average Bonchev–Trinajstić information content (AvgIpc) is 2.28. The van der Waals surface area contributed by atoms with Crippen LogP contribution in [0.15, 0.2) is 23.1 Å². The smallest absolute Gasteiger partial charge is 0.0354 e. The first-order chi connectivity index (χ1) is 7.68. The highest BCUT2D eigenvalue weighted by Crippen LogP contribution is 2.35. The highest BCUT2D eigenvalue weighted by molar-refractivity contribution is 8.00. The maximum Gasteiger partial charge on any atom is 0.0354 e. The first-order valence-corrected chi connectivity index (χ1v) is 6.84. The van der Waals surface area contributed by atoms with Crippen LogP contribution >= 0.6 is 11.8 Å². The normalized spacial score (nSPS) is 25.6. The van der Waals surface area contributed by atoms with E-state index in [4.69, 9.17) is 11.5 Å². The van der Waals surface area contributed by atoms with E-state index in [9.17, 15) is 0 Å². The van der Waals surface area contributed by atoms with Gasteiger partial charge in [0.15, 0.2) is 0 Å². The van der Waals surface area contributed by atoms with Gasteiger partial charge in [-0.2, -0.15) is 0 Å². The molecule has 0 amide bonds. The van der Waals surface area contributed by atoms with Crippen molar-refractivity contribution in [2.45, 2.75) is 48.8 Å². The second-order valence-corrected chi connectivity index (χ2v) is 5.86. The second-order valence-electron chi connectivity index (χ2n) is 4.57. The number of hydrogen-bond donors (Lipinski definition) is 2. The van der Waals surface area contributed by atoms with Crippen LogP contribution in [0.2, 0.25) is 0 Å². The van der Waals surface area contributed by atoms with E-state index in [-0.39, 0.29) is 0 Å². The molecule has 88 valence electrons. The Hall–Kier alpha value is -0.670. The molecule has 3 heteroatoms. The van der Waals surface area contributed by atoms with Crippen LogP contribution in [-0.4, -0.2) is 11.3 Å². The van der Waals surface area contributed by atoms with Gasteiger partial charge in [-0.05, 0) is 37.5 Å². The Kier molecular flexibility index (Phi) is 3.77. The van der Waals surface area contributed by atoms with E-state index in [1.54, 1.807) is 0 Å². The lowest BCUT2D eigenvalue weighted by molar-refractivity contribution is 0.453. The van der Waals surface area contributed by atoms with E-state index in [0.29, 0.717) is 11.3 Å². The molecule has 1 aliphatic carbocycles. The van der Waals surface area contributed by atoms with Crippen LogP contribution in [0, 0.1) is 6.92 Å². The zero-order valence-corrected chi connectivity index (χ0v) is 10.6. The second kappa shape index (κ2) is 5.11. The summed E-state index contributed by atoms with van der Waals surface area (Å²) in [5, 5.41) is 0.564. The van der Waals surface area contributed by atoms with Gasteiger partial charge in [0.25, 0.3) is 0 Å². The molecule has 1 aliphatic rings. The molecule has 0 aliphatic heterocycles. The van der Waals surface area contributed by atoms with Crippen molar-refractivity contribution in [3.63, 3.8) is 0 Å². The standard InChI is InChI=1S/C13H20N2S/c1-9-10(14)6-4-8-12(9)16-13-7-3-2-5-11(13)15/h4,6,8,11,13H,2-3,5,7,14-15H2,1H3. The van der Waals surface area contributed by atoms with Crippen LogP contribution < -0.4 is 11.5 Å². The van der Waals surface area contributed by atoms with E-state index >= 15 is 0 Å². The van der Waals surface area contributed by atoms with Crippen LogP contribution in [0.25, 0.3) is 0 Å². The fraction of sp³-hybridized carbons (Fsp3) is 0.538. The lowest BCUT2D eigenvalue weighted by Gasteiger charge is -2.28. The van der Waals surface area contributed by atoms with Crippen LogP contribution in [0.4, 0.5) is 5.69 Å². The van der Waals surface area contributed by atoms with E-state index < -0.39 is 0 Å². The summed E-state index contributed by atoms with van der Waals surface area (Å²) in [6.45, 7) is 2.09. The third-order valence-electron chi connectivity index (χ3n) is 3.36. The molecule has 2 nitrogen and oxygen atoms in total. The Morgan fingerprint density at radius 3 is 2.75 bits per heavy atom. The van der Waals surface area contributed by atoms with Crippen molar-refractivity contribution < 1.29 is 0 Å². The summed E-state index contributed by atoms with van der Waals surface area (Å²) < 4.78 is 0. The predicted octanol–water partition coefficient (Wildman–Crippen LogP) is 2.94. The number of hydrogen-bond acceptors (Lipinski definition) is 3. The van der Waals surface area contributed by atoms with Crippen molar-refractivity contribution in [1.29, 1.82) is 0 Å². The minimum Gasteiger partial charge on any atom is -0.398 e. The third-order valence-corrected chi connectivity index (χ3v) is 4.94. The molecule has 2 rings (SSSR count). The molecule has 1 saturated carbocycles. The van der Waals surface area contributed by atoms with Gasteiger partial charge in [-0.3, -0.25) is 0 Å². The monoisotopic (exact) mass is 236 g/mol. The maximum absolute atomic E-state index is 6.16. The number of benzene rings is 1. The number of rotatable bonds is 2. The van der Waals surface area contributed by atoms with Crippen LogP contribution in [0.1, 0.15) is 31.2 Å². The van der Waals surface area contributed by atoms with Crippen molar-refractivity contribution in [2.75, 3.05) is 5.73 Å². The highest BCUT2D eigenvalue weighted by atomic mass is 32.2. The Morgan fingerprint density at radius 2 is 2.00 bits per heavy atom. The van der Waals surface area contributed by atoms with Gasteiger partial charge in [-0.15, -0.1) is 11.8 Å². The van der Waals surface area contributed by atoms with E-state index in [1.807, 2.05) is 23.9 Å². The zero-order chi connectivity index (χ0) is 11.5. The molecular weight excluding hydrogens is 216 g/mol. The number of nitrogens with two attached hydrogens (primary N) is 2. The quantitative estimate of drug-likeness (QED) is 0.776. The SMILES string of the molecule is Cc1c(N)cccc1SC1CCCCC1N. The fourth-order valence-electron chi connectivity index (χ4n) is 2.19. The van der Waals surface area contributed by atoms with Crippen LogP contribution in [-0.2, 0) is 0 Å². The van der Waals surface area contributed by atoms with Crippen molar-refractivity contribution >= 4 is 17.4 Å².